The Morgan fingerprint density at radius 3 is 2.01 bits per heavy atom. The number of ether oxygens (including phenoxy) is 1. The molecule has 1 aliphatic heterocycles. The summed E-state index contributed by atoms with van der Waals surface area (Å²) in [6.45, 7) is 15.2. The van der Waals surface area contributed by atoms with E-state index in [2.05, 4.69) is 17.6 Å². The number of benzene rings is 1. The van der Waals surface area contributed by atoms with Crippen LogP contribution in [0.3, 0.4) is 0 Å². The van der Waals surface area contributed by atoms with Gasteiger partial charge in [-0.3, -0.25) is 28.5 Å². The highest BCUT2D eigenvalue weighted by molar-refractivity contribution is 7.45. The van der Waals surface area contributed by atoms with Crippen LogP contribution in [0.15, 0.2) is 82.6 Å². The summed E-state index contributed by atoms with van der Waals surface area (Å²) < 4.78 is 30.4. The molecule has 3 rings (SSSR count). The number of aliphatic hydroxyl groups is 1. The number of aliphatic hydroxyl groups excluding tert-OH is 1. The van der Waals surface area contributed by atoms with Crippen molar-refractivity contribution in [3.05, 3.63) is 88.2 Å². The summed E-state index contributed by atoms with van der Waals surface area (Å²) in [5.74, 6) is -3.41. The number of fused-ring (bicyclic) bond motifs is 2. The van der Waals surface area contributed by atoms with Gasteiger partial charge < -0.3 is 38.9 Å². The van der Waals surface area contributed by atoms with E-state index in [9.17, 15) is 38.5 Å². The normalized spacial score (nSPS) is 24.3. The fraction of sp³-hybridized carbons (Fsp3) is 0.656. The number of rotatable bonds is 28. The maximum Gasteiger partial charge on any atom is 0.303 e. The summed E-state index contributed by atoms with van der Waals surface area (Å²) in [5, 5.41) is 17.0. The predicted molar refractivity (Wildman–Crippen MR) is 302 cm³/mol. The summed E-state index contributed by atoms with van der Waals surface area (Å²) in [5.41, 5.74) is 2.39. The van der Waals surface area contributed by atoms with Crippen molar-refractivity contribution in [3.8, 4) is 0 Å². The minimum Gasteiger partial charge on any atom is -0.756 e. The average Bonchev–Trinajstić information content (AvgIpc) is 3.34. The Morgan fingerprint density at radius 1 is 0.868 bits per heavy atom. The molecule has 0 fully saturated rings. The number of hydrogen-bond donors (Lipinski definition) is 3. The lowest BCUT2D eigenvalue weighted by Gasteiger charge is -2.30. The van der Waals surface area contributed by atoms with E-state index in [0.717, 1.165) is 37.3 Å². The van der Waals surface area contributed by atoms with Crippen molar-refractivity contribution in [1.29, 1.82) is 0 Å². The average molecular weight is 1080 g/mol. The first-order valence-electron chi connectivity index (χ1n) is 28.5. The lowest BCUT2D eigenvalue weighted by atomic mass is 9.80. The van der Waals surface area contributed by atoms with E-state index in [-0.39, 0.29) is 72.0 Å². The number of amides is 2. The van der Waals surface area contributed by atoms with Gasteiger partial charge >= 0.3 is 5.97 Å². The number of anilines is 1. The minimum atomic E-state index is -4.66. The van der Waals surface area contributed by atoms with Crippen molar-refractivity contribution < 1.29 is 56.8 Å². The molecule has 8 atom stereocenters. The van der Waals surface area contributed by atoms with E-state index >= 15 is 0 Å². The number of quaternary nitrogens is 1. The number of esters is 1. The molecule has 1 heterocycles. The van der Waals surface area contributed by atoms with Gasteiger partial charge in [0.1, 0.15) is 19.3 Å². The molecule has 1 aliphatic carbocycles. The Balaban J connectivity index is 1.73. The number of unbranched alkanes of at least 4 members (excludes halogenated alkanes) is 14. The number of phosphoric acid groups is 1. The first-order valence-corrected chi connectivity index (χ1v) is 29.9. The number of nitrogens with zero attached hydrogens (tertiary/aromatic N) is 1. The predicted octanol–water partition coefficient (Wildman–Crippen LogP) is 12.4. The van der Waals surface area contributed by atoms with Crippen LogP contribution < -0.4 is 15.5 Å². The Labute approximate surface area is 456 Å². The fourth-order valence-corrected chi connectivity index (χ4v) is 11.0. The third-order valence-corrected chi connectivity index (χ3v) is 15.5. The van der Waals surface area contributed by atoms with Crippen LogP contribution >= 0.6 is 7.82 Å². The zero-order valence-corrected chi connectivity index (χ0v) is 49.1. The largest absolute Gasteiger partial charge is 0.756 e. The smallest absolute Gasteiger partial charge is 0.303 e. The maximum absolute atomic E-state index is 14.2. The van der Waals surface area contributed by atoms with E-state index in [0.29, 0.717) is 35.1 Å². The van der Waals surface area contributed by atoms with Crippen LogP contribution in [0.25, 0.3) is 0 Å². The molecule has 426 valence electrons. The van der Waals surface area contributed by atoms with Crippen LogP contribution in [0, 0.1) is 23.7 Å². The highest BCUT2D eigenvalue weighted by atomic mass is 31.2. The van der Waals surface area contributed by atoms with E-state index in [1.54, 1.807) is 43.3 Å². The topological polar surface area (TPSA) is 197 Å². The number of carbonyl (C=O) groups is 5. The second kappa shape index (κ2) is 33.9. The first-order chi connectivity index (χ1) is 35.9. The summed E-state index contributed by atoms with van der Waals surface area (Å²) in [6.07, 6.45) is 25.2. The quantitative estimate of drug-likeness (QED) is 0.0180. The number of allylic oxidation sites excluding steroid dienone is 5. The van der Waals surface area contributed by atoms with Crippen molar-refractivity contribution in [1.82, 2.24) is 5.32 Å². The summed E-state index contributed by atoms with van der Waals surface area (Å²) in [6, 6.07) is 6.85. The van der Waals surface area contributed by atoms with Crippen molar-refractivity contribution >= 4 is 42.9 Å². The molecule has 15 heteroatoms. The van der Waals surface area contributed by atoms with E-state index < -0.39 is 55.5 Å². The molecule has 1 aromatic carbocycles. The minimum absolute atomic E-state index is 0.0100. The molecule has 0 saturated carbocycles. The molecule has 2 aliphatic rings. The standard InChI is InChI=1S/C61H96N3O11P/c1-12-13-14-15-16-17-18-19-20-21-22-23-24-25-26-30-56(75-76(71,72)73-38-37-64(9,10)11)50-31-33-51(34-32-50)62-57(67)36-35-52-53-40-43(2)39-46(5)58(68)47(6)41-48(7)60(74-49(8)65)44(3)28-27-29-45(4)61(70)63-54(59(53)69)42-55(52)66/h27-29,31-34,41-44,46-47,56,58,60,68H,12-26,30,35-40H2,1-11H3,(H2-,62,63,66,67,70,71,72)/b28-27-,45-29+,48-41+/t43-,44-,46-,47-,56?,58-,60+/m0/s1. The molecule has 14 nitrogen and oxygen atoms in total. The van der Waals surface area contributed by atoms with Crippen LogP contribution in [0.2, 0.25) is 0 Å². The molecule has 76 heavy (non-hydrogen) atoms. The van der Waals surface area contributed by atoms with Crippen molar-refractivity contribution in [2.24, 2.45) is 23.7 Å². The van der Waals surface area contributed by atoms with Gasteiger partial charge in [-0.1, -0.05) is 167 Å². The number of Topliss-reactive ketones (excluding diaryl/α,β-unsaturated/α-hetero) is 1. The molecule has 2 bridgehead atoms. The molecule has 0 saturated heterocycles. The number of phosphoric ester groups is 1. The zero-order valence-electron chi connectivity index (χ0n) is 48.2. The van der Waals surface area contributed by atoms with E-state index in [1.807, 2.05) is 67.9 Å². The molecular formula is C61H96N3O11P. The highest BCUT2D eigenvalue weighted by Crippen LogP contribution is 2.46. The van der Waals surface area contributed by atoms with Gasteiger partial charge in [0.25, 0.3) is 13.7 Å². The molecule has 3 N–H and O–H groups in total. The maximum atomic E-state index is 14.2. The number of ketones is 2. The van der Waals surface area contributed by atoms with Crippen LogP contribution in [-0.4, -0.2) is 85.4 Å². The van der Waals surface area contributed by atoms with Gasteiger partial charge in [-0.15, -0.1) is 0 Å². The Morgan fingerprint density at radius 2 is 1.45 bits per heavy atom. The Hall–Kier alpha value is -4.30. The number of hydrogen-bond acceptors (Lipinski definition) is 11. The monoisotopic (exact) mass is 1080 g/mol. The third-order valence-electron chi connectivity index (χ3n) is 14.5. The number of likely N-dealkylation sites (N-methyl/N-ethyl adjacent to an activating group) is 1. The molecule has 0 radical (unpaired) electrons. The fourth-order valence-electron chi connectivity index (χ4n) is 10.1. The van der Waals surface area contributed by atoms with Crippen LogP contribution in [0.5, 0.6) is 0 Å². The number of nitrogens with one attached hydrogen (secondary N) is 2. The second-order valence-corrected chi connectivity index (χ2v) is 24.2. The highest BCUT2D eigenvalue weighted by Gasteiger charge is 2.33. The van der Waals surface area contributed by atoms with Crippen molar-refractivity contribution in [3.63, 3.8) is 0 Å². The van der Waals surface area contributed by atoms with Gasteiger partial charge in [0, 0.05) is 53.7 Å². The van der Waals surface area contributed by atoms with Gasteiger partial charge in [0.05, 0.1) is 39.0 Å². The first kappa shape index (κ1) is 66.0. The molecule has 0 spiro atoms. The van der Waals surface area contributed by atoms with Crippen LogP contribution in [0.1, 0.15) is 195 Å². The Kier molecular flexibility index (Phi) is 29.4. The molecule has 2 amide bonds. The second-order valence-electron chi connectivity index (χ2n) is 22.9. The van der Waals surface area contributed by atoms with Gasteiger partial charge in [-0.2, -0.15) is 0 Å². The van der Waals surface area contributed by atoms with E-state index in [4.69, 9.17) is 13.8 Å². The lowest BCUT2D eigenvalue weighted by molar-refractivity contribution is -0.870. The molecule has 1 aromatic rings. The summed E-state index contributed by atoms with van der Waals surface area (Å²) in [4.78, 5) is 80.3. The SMILES string of the molecule is CCCCCCCCCCCCCCCCCC(OP(=O)([O-])OCC[N+](C)(C)C)c1ccc(NC(=O)CCC2=C3C[C@@H](C)C[C@H](C)[C@H](O)[C@@H](C)/C=C(\C)[C@H](OC(C)=O)[C@@H](C)/C=C\C=C(/C)C(=O)NC(=CC2=O)C3=O)cc1. The van der Waals surface area contributed by atoms with Gasteiger partial charge in [-0.25, -0.2) is 0 Å². The Bertz CT molecular complexity index is 2240. The molecule has 0 aromatic heterocycles. The van der Waals surface area contributed by atoms with Crippen LogP contribution in [-0.2, 0) is 42.3 Å². The van der Waals surface area contributed by atoms with Crippen molar-refractivity contribution in [2.75, 3.05) is 39.6 Å². The van der Waals surface area contributed by atoms with Gasteiger partial charge in [-0.05, 0) is 74.6 Å². The third kappa shape index (κ3) is 25.0. The van der Waals surface area contributed by atoms with Gasteiger partial charge in [0.2, 0.25) is 11.7 Å². The summed E-state index contributed by atoms with van der Waals surface area (Å²) in [7, 11) is 1.20. The van der Waals surface area contributed by atoms with Gasteiger partial charge in [0.15, 0.2) is 5.78 Å². The van der Waals surface area contributed by atoms with E-state index in [1.165, 1.54) is 77.6 Å². The molecule has 2 unspecified atom stereocenters. The van der Waals surface area contributed by atoms with Crippen molar-refractivity contribution in [2.45, 2.75) is 202 Å². The molecular weight excluding hydrogens is 982 g/mol. The summed E-state index contributed by atoms with van der Waals surface area (Å²) >= 11 is 0. The lowest BCUT2D eigenvalue weighted by Crippen LogP contribution is -2.37. The number of carbonyl (C=O) groups excluding carboxylic acids is 5. The van der Waals surface area contributed by atoms with Crippen LogP contribution in [0.4, 0.5) is 5.69 Å². The zero-order chi connectivity index (χ0) is 56.4.